The van der Waals surface area contributed by atoms with Crippen molar-refractivity contribution >= 4 is 11.8 Å². The first-order valence-corrected chi connectivity index (χ1v) is 8.66. The van der Waals surface area contributed by atoms with Crippen LogP contribution in [-0.2, 0) is 9.59 Å². The minimum absolute atomic E-state index is 0.0275. The summed E-state index contributed by atoms with van der Waals surface area (Å²) in [6.45, 7) is 6.58. The van der Waals surface area contributed by atoms with Crippen LogP contribution >= 0.6 is 0 Å². The summed E-state index contributed by atoms with van der Waals surface area (Å²) in [5.74, 6) is 0.0230. The third-order valence-corrected chi connectivity index (χ3v) is 4.73. The first-order valence-electron chi connectivity index (χ1n) is 8.66. The van der Waals surface area contributed by atoms with Crippen molar-refractivity contribution in [2.24, 2.45) is 5.92 Å². The summed E-state index contributed by atoms with van der Waals surface area (Å²) in [6, 6.07) is 7.57. The van der Waals surface area contributed by atoms with Crippen molar-refractivity contribution in [3.63, 3.8) is 0 Å². The van der Waals surface area contributed by atoms with Gasteiger partial charge in [-0.2, -0.15) is 0 Å². The molecule has 1 heterocycles. The molecule has 0 saturated carbocycles. The molecule has 0 aliphatic carbocycles. The van der Waals surface area contributed by atoms with Crippen molar-refractivity contribution in [2.45, 2.75) is 52.2 Å². The van der Waals surface area contributed by atoms with Crippen LogP contribution in [0.15, 0.2) is 24.3 Å². The number of hydrogen-bond donors (Lipinski definition) is 2. The van der Waals surface area contributed by atoms with Gasteiger partial charge < -0.3 is 15.3 Å². The molecule has 0 spiro atoms. The monoisotopic (exact) mass is 332 g/mol. The maximum absolute atomic E-state index is 12.7. The molecule has 2 amide bonds. The van der Waals surface area contributed by atoms with Crippen molar-refractivity contribution in [3.05, 3.63) is 35.4 Å². The number of likely N-dealkylation sites (tertiary alicyclic amines) is 1. The molecular formula is C19H28N2O3. The van der Waals surface area contributed by atoms with E-state index in [-0.39, 0.29) is 30.2 Å². The van der Waals surface area contributed by atoms with Crippen molar-refractivity contribution < 1.29 is 14.7 Å². The number of amides is 2. The van der Waals surface area contributed by atoms with E-state index in [9.17, 15) is 14.7 Å². The van der Waals surface area contributed by atoms with Crippen LogP contribution in [0.25, 0.3) is 0 Å². The summed E-state index contributed by atoms with van der Waals surface area (Å²) in [6.07, 6.45) is 1.71. The second-order valence-corrected chi connectivity index (χ2v) is 6.85. The van der Waals surface area contributed by atoms with Gasteiger partial charge in [-0.05, 0) is 32.3 Å². The smallest absolute Gasteiger partial charge is 0.224 e. The molecule has 0 aromatic heterocycles. The van der Waals surface area contributed by atoms with Gasteiger partial charge in [0.15, 0.2) is 0 Å². The molecule has 5 heteroatoms. The molecule has 3 unspecified atom stereocenters. The summed E-state index contributed by atoms with van der Waals surface area (Å²) < 4.78 is 0. The van der Waals surface area contributed by atoms with Crippen LogP contribution in [0, 0.1) is 12.8 Å². The zero-order chi connectivity index (χ0) is 17.7. The summed E-state index contributed by atoms with van der Waals surface area (Å²) in [5.41, 5.74) is 2.08. The van der Waals surface area contributed by atoms with E-state index >= 15 is 0 Å². The fourth-order valence-corrected chi connectivity index (χ4v) is 3.23. The highest BCUT2D eigenvalue weighted by molar-refractivity contribution is 5.79. The molecule has 5 nitrogen and oxygen atoms in total. The Morgan fingerprint density at radius 2 is 2.00 bits per heavy atom. The van der Waals surface area contributed by atoms with Crippen LogP contribution in [0.2, 0.25) is 0 Å². The number of aryl methyl sites for hydroxylation is 1. The molecule has 1 fully saturated rings. The van der Waals surface area contributed by atoms with E-state index in [0.717, 1.165) is 30.5 Å². The lowest BCUT2D eigenvalue weighted by molar-refractivity contribution is -0.134. The van der Waals surface area contributed by atoms with Crippen LogP contribution < -0.4 is 5.32 Å². The van der Waals surface area contributed by atoms with Crippen molar-refractivity contribution in [1.29, 1.82) is 0 Å². The number of benzene rings is 1. The van der Waals surface area contributed by atoms with Gasteiger partial charge in [-0.15, -0.1) is 0 Å². The molecule has 3 atom stereocenters. The van der Waals surface area contributed by atoms with Crippen molar-refractivity contribution in [1.82, 2.24) is 10.2 Å². The number of carbonyl (C=O) groups excluding carboxylic acids is 2. The Morgan fingerprint density at radius 1 is 1.33 bits per heavy atom. The quantitative estimate of drug-likeness (QED) is 0.868. The molecule has 1 aliphatic rings. The first kappa shape index (κ1) is 18.5. The zero-order valence-corrected chi connectivity index (χ0v) is 14.8. The largest absolute Gasteiger partial charge is 0.393 e. The van der Waals surface area contributed by atoms with Gasteiger partial charge in [0.05, 0.1) is 18.6 Å². The van der Waals surface area contributed by atoms with Crippen LogP contribution in [-0.4, -0.2) is 41.0 Å². The van der Waals surface area contributed by atoms with E-state index in [4.69, 9.17) is 0 Å². The van der Waals surface area contributed by atoms with E-state index < -0.39 is 6.10 Å². The van der Waals surface area contributed by atoms with Crippen LogP contribution in [0.5, 0.6) is 0 Å². The van der Waals surface area contributed by atoms with Crippen molar-refractivity contribution in [3.8, 4) is 0 Å². The van der Waals surface area contributed by atoms with E-state index in [1.807, 2.05) is 36.1 Å². The lowest BCUT2D eigenvalue weighted by atomic mass is 9.92. The standard InChI is InChI=1S/C19H28N2O3/c1-13-6-8-16(9-7-13)18(20-15(3)23)11-19(24)21-10-4-5-17(12-21)14(2)22/h6-9,14,17-18,22H,4-5,10-12H2,1-3H3,(H,20,23). The number of nitrogens with one attached hydrogen (secondary N) is 1. The maximum Gasteiger partial charge on any atom is 0.224 e. The summed E-state index contributed by atoms with van der Waals surface area (Å²) in [7, 11) is 0. The predicted octanol–water partition coefficient (Wildman–Crippen LogP) is 2.18. The Morgan fingerprint density at radius 3 is 2.58 bits per heavy atom. The van der Waals surface area contributed by atoms with Crippen LogP contribution in [0.3, 0.4) is 0 Å². The second kappa shape index (κ2) is 8.29. The molecule has 0 radical (unpaired) electrons. The van der Waals surface area contributed by atoms with Gasteiger partial charge in [0.2, 0.25) is 11.8 Å². The summed E-state index contributed by atoms with van der Waals surface area (Å²) >= 11 is 0. The third-order valence-electron chi connectivity index (χ3n) is 4.73. The van der Waals surface area contributed by atoms with E-state index in [1.165, 1.54) is 6.92 Å². The fraction of sp³-hybridized carbons (Fsp3) is 0.579. The van der Waals surface area contributed by atoms with E-state index in [0.29, 0.717) is 6.54 Å². The number of hydrogen-bond acceptors (Lipinski definition) is 3. The second-order valence-electron chi connectivity index (χ2n) is 6.85. The van der Waals surface area contributed by atoms with E-state index in [2.05, 4.69) is 5.32 Å². The number of aliphatic hydroxyl groups is 1. The first-order chi connectivity index (χ1) is 11.4. The summed E-state index contributed by atoms with van der Waals surface area (Å²) in [5, 5.41) is 12.7. The molecule has 1 aromatic rings. The Balaban J connectivity index is 2.06. The number of aliphatic hydroxyl groups excluding tert-OH is 1. The number of rotatable bonds is 5. The highest BCUT2D eigenvalue weighted by Crippen LogP contribution is 2.23. The van der Waals surface area contributed by atoms with Crippen LogP contribution in [0.4, 0.5) is 0 Å². The molecule has 1 saturated heterocycles. The molecule has 1 aliphatic heterocycles. The van der Waals surface area contributed by atoms with Gasteiger partial charge >= 0.3 is 0 Å². The summed E-state index contributed by atoms with van der Waals surface area (Å²) in [4.78, 5) is 26.0. The van der Waals surface area contributed by atoms with Gasteiger partial charge in [-0.1, -0.05) is 29.8 Å². The highest BCUT2D eigenvalue weighted by Gasteiger charge is 2.28. The Bertz CT molecular complexity index is 568. The fourth-order valence-electron chi connectivity index (χ4n) is 3.23. The Labute approximate surface area is 144 Å². The molecule has 2 rings (SSSR count). The molecule has 0 bridgehead atoms. The van der Waals surface area contributed by atoms with Gasteiger partial charge in [0.1, 0.15) is 0 Å². The maximum atomic E-state index is 12.7. The molecular weight excluding hydrogens is 304 g/mol. The normalized spacial score (nSPS) is 20.3. The number of nitrogens with zero attached hydrogens (tertiary/aromatic N) is 1. The molecule has 132 valence electrons. The van der Waals surface area contributed by atoms with E-state index in [1.54, 1.807) is 6.92 Å². The van der Waals surface area contributed by atoms with Gasteiger partial charge in [-0.3, -0.25) is 9.59 Å². The topological polar surface area (TPSA) is 69.6 Å². The SMILES string of the molecule is CC(=O)NC(CC(=O)N1CCCC(C(C)O)C1)c1ccc(C)cc1. The third kappa shape index (κ3) is 5.06. The lowest BCUT2D eigenvalue weighted by Crippen LogP contribution is -2.44. The Kier molecular flexibility index (Phi) is 6.37. The number of carbonyl (C=O) groups is 2. The molecule has 1 aromatic carbocycles. The van der Waals surface area contributed by atoms with Gasteiger partial charge in [0, 0.05) is 25.9 Å². The Hall–Kier alpha value is -1.88. The van der Waals surface area contributed by atoms with Crippen LogP contribution in [0.1, 0.15) is 50.3 Å². The van der Waals surface area contributed by atoms with Gasteiger partial charge in [0.25, 0.3) is 0 Å². The zero-order valence-electron chi connectivity index (χ0n) is 14.8. The highest BCUT2D eigenvalue weighted by atomic mass is 16.3. The van der Waals surface area contributed by atoms with Gasteiger partial charge in [-0.25, -0.2) is 0 Å². The lowest BCUT2D eigenvalue weighted by Gasteiger charge is -2.35. The average molecular weight is 332 g/mol. The minimum atomic E-state index is -0.399. The average Bonchev–Trinajstić information content (AvgIpc) is 2.54. The molecule has 2 N–H and O–H groups in total. The van der Waals surface area contributed by atoms with Crippen molar-refractivity contribution in [2.75, 3.05) is 13.1 Å². The number of piperidine rings is 1. The minimum Gasteiger partial charge on any atom is -0.393 e. The molecule has 24 heavy (non-hydrogen) atoms. The predicted molar refractivity (Wildman–Crippen MR) is 93.3 cm³/mol.